The average Bonchev–Trinajstić information content (AvgIpc) is 3.59. The number of anilines is 3. The molecule has 2 nitrogen and oxygen atoms in total. The zero-order valence-corrected chi connectivity index (χ0v) is 29.7. The third kappa shape index (κ3) is 5.71. The van der Waals surface area contributed by atoms with Crippen LogP contribution in [0.2, 0.25) is 0 Å². The van der Waals surface area contributed by atoms with Gasteiger partial charge in [-0.15, -0.1) is 0 Å². The number of nitrogens with zero attached hydrogens (tertiary/aromatic N) is 2. The van der Waals surface area contributed by atoms with Gasteiger partial charge < -0.3 is 9.47 Å². The summed E-state index contributed by atoms with van der Waals surface area (Å²) in [4.78, 5) is 2.36. The van der Waals surface area contributed by atoms with Crippen LogP contribution < -0.4 is 4.90 Å². The van der Waals surface area contributed by atoms with Gasteiger partial charge in [0.05, 0.1) is 11.0 Å². The number of para-hydroxylation sites is 2. The van der Waals surface area contributed by atoms with Gasteiger partial charge in [-0.1, -0.05) is 152 Å². The first-order valence-electron chi connectivity index (χ1n) is 18.5. The van der Waals surface area contributed by atoms with Crippen LogP contribution in [0.3, 0.4) is 0 Å². The van der Waals surface area contributed by atoms with Crippen molar-refractivity contribution in [2.24, 2.45) is 0 Å². The predicted octanol–water partition coefficient (Wildman–Crippen LogP) is 14.4. The summed E-state index contributed by atoms with van der Waals surface area (Å²) in [6, 6.07) is 78.8. The second kappa shape index (κ2) is 13.4. The monoisotopic (exact) mass is 688 g/mol. The highest BCUT2D eigenvalue weighted by molar-refractivity contribution is 6.09. The molecule has 1 aromatic heterocycles. The minimum absolute atomic E-state index is 1.10. The Labute approximate surface area is 315 Å². The highest BCUT2D eigenvalue weighted by atomic mass is 15.1. The lowest BCUT2D eigenvalue weighted by Crippen LogP contribution is -2.10. The van der Waals surface area contributed by atoms with Gasteiger partial charge >= 0.3 is 0 Å². The van der Waals surface area contributed by atoms with E-state index in [0.717, 1.165) is 22.7 Å². The van der Waals surface area contributed by atoms with E-state index >= 15 is 0 Å². The lowest BCUT2D eigenvalue weighted by atomic mass is 10.00. The van der Waals surface area contributed by atoms with Gasteiger partial charge in [0.1, 0.15) is 0 Å². The van der Waals surface area contributed by atoms with E-state index in [9.17, 15) is 0 Å². The second-order valence-electron chi connectivity index (χ2n) is 13.8. The third-order valence-electron chi connectivity index (χ3n) is 10.6. The summed E-state index contributed by atoms with van der Waals surface area (Å²) >= 11 is 0. The van der Waals surface area contributed by atoms with Crippen molar-refractivity contribution in [3.05, 3.63) is 218 Å². The molecule has 0 unspecified atom stereocenters. The van der Waals surface area contributed by atoms with Crippen LogP contribution in [-0.4, -0.2) is 4.57 Å². The largest absolute Gasteiger partial charge is 0.310 e. The summed E-state index contributed by atoms with van der Waals surface area (Å²) in [5.74, 6) is 0. The maximum atomic E-state index is 2.37. The molecule has 254 valence electrons. The predicted molar refractivity (Wildman–Crippen MR) is 229 cm³/mol. The van der Waals surface area contributed by atoms with Crippen LogP contribution >= 0.6 is 0 Å². The van der Waals surface area contributed by atoms with Crippen molar-refractivity contribution in [2.45, 2.75) is 0 Å². The van der Waals surface area contributed by atoms with Crippen molar-refractivity contribution in [2.75, 3.05) is 4.90 Å². The summed E-state index contributed by atoms with van der Waals surface area (Å²) in [5.41, 5.74) is 14.1. The highest BCUT2D eigenvalue weighted by Gasteiger charge is 2.16. The van der Waals surface area contributed by atoms with Gasteiger partial charge in [0.15, 0.2) is 0 Å². The molecule has 10 aromatic rings. The van der Waals surface area contributed by atoms with E-state index in [1.807, 2.05) is 0 Å². The minimum Gasteiger partial charge on any atom is -0.310 e. The first-order valence-corrected chi connectivity index (χ1v) is 18.5. The van der Waals surface area contributed by atoms with Crippen molar-refractivity contribution in [1.82, 2.24) is 4.57 Å². The Morgan fingerprint density at radius 2 is 0.741 bits per heavy atom. The maximum absolute atomic E-state index is 2.37. The van der Waals surface area contributed by atoms with E-state index in [1.165, 1.54) is 66.0 Å². The molecule has 0 N–H and O–H groups in total. The second-order valence-corrected chi connectivity index (χ2v) is 13.8. The maximum Gasteiger partial charge on any atom is 0.0541 e. The van der Waals surface area contributed by atoms with E-state index < -0.39 is 0 Å². The summed E-state index contributed by atoms with van der Waals surface area (Å²) in [7, 11) is 0. The van der Waals surface area contributed by atoms with E-state index in [0.29, 0.717) is 0 Å². The SMILES string of the molecule is c1ccc(-c2ccc(N(c3ccc(-c4ccc(-n5c6ccccc6c6ccccc65)cc4)cc3)c3cccc(-c4ccc5ccccc5c4)c3)cc2)cc1. The fourth-order valence-corrected chi connectivity index (χ4v) is 7.88. The van der Waals surface area contributed by atoms with Crippen molar-refractivity contribution in [3.63, 3.8) is 0 Å². The molecular weight excluding hydrogens is 653 g/mol. The first-order chi connectivity index (χ1) is 26.8. The standard InChI is InChI=1S/C52H36N2/c1-2-11-37(12-3-1)39-23-29-45(30-24-39)53(48-16-10-15-43(36-48)44-22-21-38-13-4-5-14-42(38)35-44)46-31-25-40(26-32-46)41-27-33-47(34-28-41)54-51-19-8-6-17-49(51)50-18-7-9-20-52(50)54/h1-36H. The summed E-state index contributed by atoms with van der Waals surface area (Å²) < 4.78 is 2.37. The first kappa shape index (κ1) is 31.6. The van der Waals surface area contributed by atoms with Gasteiger partial charge in [-0.2, -0.15) is 0 Å². The Morgan fingerprint density at radius 1 is 0.278 bits per heavy atom. The fourth-order valence-electron chi connectivity index (χ4n) is 7.88. The molecule has 0 aliphatic heterocycles. The molecule has 2 heteroatoms. The highest BCUT2D eigenvalue weighted by Crippen LogP contribution is 2.39. The van der Waals surface area contributed by atoms with Crippen molar-refractivity contribution in [1.29, 1.82) is 0 Å². The molecule has 0 radical (unpaired) electrons. The van der Waals surface area contributed by atoms with Crippen LogP contribution in [0.15, 0.2) is 218 Å². The molecule has 0 aliphatic carbocycles. The Hall–Kier alpha value is -7.16. The molecule has 10 rings (SSSR count). The van der Waals surface area contributed by atoms with Gasteiger partial charge in [0.25, 0.3) is 0 Å². The van der Waals surface area contributed by atoms with E-state index in [-0.39, 0.29) is 0 Å². The van der Waals surface area contributed by atoms with Crippen LogP contribution in [0.1, 0.15) is 0 Å². The Morgan fingerprint density at radius 3 is 1.37 bits per heavy atom. The van der Waals surface area contributed by atoms with Crippen molar-refractivity contribution in [3.8, 4) is 39.1 Å². The molecule has 9 aromatic carbocycles. The number of aromatic nitrogens is 1. The quantitative estimate of drug-likeness (QED) is 0.162. The Bertz CT molecular complexity index is 2850. The number of hydrogen-bond donors (Lipinski definition) is 0. The van der Waals surface area contributed by atoms with Gasteiger partial charge in [-0.25, -0.2) is 0 Å². The van der Waals surface area contributed by atoms with Gasteiger partial charge in [-0.3, -0.25) is 0 Å². The van der Waals surface area contributed by atoms with Crippen LogP contribution in [0.25, 0.3) is 71.6 Å². The Kier molecular flexibility index (Phi) is 7.85. The molecule has 54 heavy (non-hydrogen) atoms. The summed E-state index contributed by atoms with van der Waals surface area (Å²) in [6.07, 6.45) is 0. The van der Waals surface area contributed by atoms with E-state index in [1.54, 1.807) is 0 Å². The molecule has 0 atom stereocenters. The zero-order valence-electron chi connectivity index (χ0n) is 29.7. The number of rotatable bonds is 7. The minimum atomic E-state index is 1.10. The van der Waals surface area contributed by atoms with Crippen LogP contribution in [0.5, 0.6) is 0 Å². The lowest BCUT2D eigenvalue weighted by Gasteiger charge is -2.26. The fraction of sp³-hybridized carbons (Fsp3) is 0. The normalized spacial score (nSPS) is 11.3. The molecule has 0 aliphatic rings. The number of hydrogen-bond acceptors (Lipinski definition) is 1. The van der Waals surface area contributed by atoms with Gasteiger partial charge in [-0.05, 0) is 111 Å². The Balaban J connectivity index is 1.01. The lowest BCUT2D eigenvalue weighted by molar-refractivity contribution is 1.18. The molecule has 0 bridgehead atoms. The topological polar surface area (TPSA) is 8.17 Å². The molecule has 0 fully saturated rings. The van der Waals surface area contributed by atoms with Gasteiger partial charge in [0, 0.05) is 33.5 Å². The molecule has 0 spiro atoms. The van der Waals surface area contributed by atoms with Crippen LogP contribution in [0, 0.1) is 0 Å². The molecule has 0 amide bonds. The molecule has 0 saturated carbocycles. The van der Waals surface area contributed by atoms with E-state index in [4.69, 9.17) is 0 Å². The zero-order chi connectivity index (χ0) is 35.8. The summed E-state index contributed by atoms with van der Waals surface area (Å²) in [6.45, 7) is 0. The van der Waals surface area contributed by atoms with Gasteiger partial charge in [0.2, 0.25) is 0 Å². The third-order valence-corrected chi connectivity index (χ3v) is 10.6. The van der Waals surface area contributed by atoms with Crippen molar-refractivity contribution < 1.29 is 0 Å². The number of fused-ring (bicyclic) bond motifs is 4. The molecule has 0 saturated heterocycles. The van der Waals surface area contributed by atoms with Crippen LogP contribution in [-0.2, 0) is 0 Å². The average molecular weight is 689 g/mol. The molecular formula is C52H36N2. The van der Waals surface area contributed by atoms with E-state index in [2.05, 4.69) is 228 Å². The summed E-state index contributed by atoms with van der Waals surface area (Å²) in [5, 5.41) is 5.04. The number of benzene rings is 9. The van der Waals surface area contributed by atoms with Crippen molar-refractivity contribution >= 4 is 49.6 Å². The van der Waals surface area contributed by atoms with Crippen LogP contribution in [0.4, 0.5) is 17.1 Å². The smallest absolute Gasteiger partial charge is 0.0541 e. The molecule has 1 heterocycles.